The maximum Gasteiger partial charge on any atom is 0.254 e. The number of halogens is 1. The fourth-order valence-electron chi connectivity index (χ4n) is 2.94. The Bertz CT molecular complexity index is 536. The van der Waals surface area contributed by atoms with E-state index in [9.17, 15) is 14.3 Å². The first-order chi connectivity index (χ1) is 10.5. The molecule has 0 aromatic heterocycles. The first kappa shape index (κ1) is 16.7. The summed E-state index contributed by atoms with van der Waals surface area (Å²) in [6.45, 7) is 1.22. The highest BCUT2D eigenvalue weighted by molar-refractivity contribution is 5.94. The number of piperidine rings is 1. The van der Waals surface area contributed by atoms with Gasteiger partial charge in [0.2, 0.25) is 0 Å². The number of methoxy groups -OCH3 is 1. The van der Waals surface area contributed by atoms with E-state index >= 15 is 0 Å². The van der Waals surface area contributed by atoms with E-state index in [1.54, 1.807) is 11.0 Å². The summed E-state index contributed by atoms with van der Waals surface area (Å²) in [5, 5.41) is 9.45. The van der Waals surface area contributed by atoms with Crippen molar-refractivity contribution in [3.8, 4) is 5.75 Å². The Labute approximate surface area is 130 Å². The van der Waals surface area contributed by atoms with E-state index in [0.717, 1.165) is 6.42 Å². The van der Waals surface area contributed by atoms with Crippen molar-refractivity contribution in [3.63, 3.8) is 0 Å². The summed E-state index contributed by atoms with van der Waals surface area (Å²) >= 11 is 0. The van der Waals surface area contributed by atoms with Gasteiger partial charge in [-0.05, 0) is 38.7 Å². The third kappa shape index (κ3) is 3.39. The number of amides is 1. The zero-order chi connectivity index (χ0) is 16.3. The van der Waals surface area contributed by atoms with E-state index in [2.05, 4.69) is 0 Å². The van der Waals surface area contributed by atoms with Crippen LogP contribution in [0.15, 0.2) is 18.2 Å². The molecule has 122 valence electrons. The van der Waals surface area contributed by atoms with Gasteiger partial charge in [0.25, 0.3) is 5.91 Å². The maximum atomic E-state index is 13.8. The molecule has 1 aliphatic rings. The number of benzene rings is 1. The van der Waals surface area contributed by atoms with Gasteiger partial charge in [-0.1, -0.05) is 0 Å². The Kier molecular flexibility index (Phi) is 5.37. The summed E-state index contributed by atoms with van der Waals surface area (Å²) in [6, 6.07) is 4.36. The van der Waals surface area contributed by atoms with Crippen LogP contribution in [0.25, 0.3) is 0 Å². The largest absolute Gasteiger partial charge is 0.494 e. The Morgan fingerprint density at radius 2 is 2.23 bits per heavy atom. The van der Waals surface area contributed by atoms with E-state index in [4.69, 9.17) is 4.74 Å². The summed E-state index contributed by atoms with van der Waals surface area (Å²) < 4.78 is 18.6. The maximum absolute atomic E-state index is 13.8. The molecule has 0 saturated carbocycles. The molecule has 0 aliphatic carbocycles. The molecule has 1 N–H and O–H groups in total. The van der Waals surface area contributed by atoms with Crippen LogP contribution >= 0.6 is 0 Å². The van der Waals surface area contributed by atoms with Crippen molar-refractivity contribution in [1.29, 1.82) is 0 Å². The minimum atomic E-state index is -0.539. The first-order valence-corrected chi connectivity index (χ1v) is 7.38. The highest BCUT2D eigenvalue weighted by atomic mass is 19.1. The number of rotatable bonds is 4. The smallest absolute Gasteiger partial charge is 0.254 e. The number of hydrogen-bond donors (Lipinski definition) is 1. The normalized spacial score (nSPS) is 22.0. The molecule has 1 aromatic carbocycles. The van der Waals surface area contributed by atoms with Crippen LogP contribution in [0.2, 0.25) is 0 Å². The number of hydrogen-bond acceptors (Lipinski definition) is 4. The van der Waals surface area contributed by atoms with Crippen molar-refractivity contribution in [3.05, 3.63) is 29.6 Å². The van der Waals surface area contributed by atoms with Crippen LogP contribution in [-0.4, -0.2) is 67.8 Å². The SMILES string of the molecule is COc1ccc(C(=O)N2CC[C@H](CO)[C@H](N(C)C)C2)cc1F. The van der Waals surface area contributed by atoms with Gasteiger partial charge in [0.05, 0.1) is 7.11 Å². The second-order valence-electron chi connectivity index (χ2n) is 5.86. The number of aliphatic hydroxyl groups excluding tert-OH is 1. The Hall–Kier alpha value is -1.66. The molecular formula is C16H23FN2O3. The van der Waals surface area contributed by atoms with Gasteiger partial charge in [0, 0.05) is 37.2 Å². The molecule has 0 bridgehead atoms. The van der Waals surface area contributed by atoms with Gasteiger partial charge >= 0.3 is 0 Å². The van der Waals surface area contributed by atoms with E-state index in [-0.39, 0.29) is 30.2 Å². The van der Waals surface area contributed by atoms with Gasteiger partial charge < -0.3 is 19.6 Å². The molecule has 2 rings (SSSR count). The summed E-state index contributed by atoms with van der Waals surface area (Å²) in [7, 11) is 5.27. The number of aliphatic hydroxyl groups is 1. The van der Waals surface area contributed by atoms with E-state index in [1.165, 1.54) is 19.2 Å². The van der Waals surface area contributed by atoms with Crippen LogP contribution in [0.5, 0.6) is 5.75 Å². The van der Waals surface area contributed by atoms with E-state index < -0.39 is 5.82 Å². The van der Waals surface area contributed by atoms with Crippen LogP contribution in [-0.2, 0) is 0 Å². The lowest BCUT2D eigenvalue weighted by Crippen LogP contribution is -2.53. The predicted molar refractivity (Wildman–Crippen MR) is 81.5 cm³/mol. The molecule has 2 atom stereocenters. The molecule has 1 fully saturated rings. The van der Waals surface area contributed by atoms with Crippen molar-refractivity contribution in [2.24, 2.45) is 5.92 Å². The van der Waals surface area contributed by atoms with Crippen LogP contribution in [0, 0.1) is 11.7 Å². The first-order valence-electron chi connectivity index (χ1n) is 7.38. The Morgan fingerprint density at radius 3 is 2.77 bits per heavy atom. The van der Waals surface area contributed by atoms with Crippen molar-refractivity contribution in [2.75, 3.05) is 40.9 Å². The minimum absolute atomic E-state index is 0.103. The number of likely N-dealkylation sites (N-methyl/N-ethyl adjacent to an activating group) is 1. The molecule has 1 saturated heterocycles. The second-order valence-corrected chi connectivity index (χ2v) is 5.86. The Balaban J connectivity index is 2.14. The molecule has 0 radical (unpaired) electrons. The van der Waals surface area contributed by atoms with Gasteiger partial charge in [0.15, 0.2) is 11.6 Å². The monoisotopic (exact) mass is 310 g/mol. The molecule has 1 amide bonds. The summed E-state index contributed by atoms with van der Waals surface area (Å²) in [5.74, 6) is -0.444. The summed E-state index contributed by atoms with van der Waals surface area (Å²) in [6.07, 6.45) is 0.740. The third-order valence-electron chi connectivity index (χ3n) is 4.31. The highest BCUT2D eigenvalue weighted by Crippen LogP contribution is 2.24. The van der Waals surface area contributed by atoms with Crippen molar-refractivity contribution >= 4 is 5.91 Å². The van der Waals surface area contributed by atoms with Crippen molar-refractivity contribution in [2.45, 2.75) is 12.5 Å². The van der Waals surface area contributed by atoms with Crippen LogP contribution in [0.3, 0.4) is 0 Å². The second kappa shape index (κ2) is 7.07. The topological polar surface area (TPSA) is 53.0 Å². The number of nitrogens with zero attached hydrogens (tertiary/aromatic N) is 2. The molecule has 22 heavy (non-hydrogen) atoms. The quantitative estimate of drug-likeness (QED) is 0.908. The zero-order valence-corrected chi connectivity index (χ0v) is 13.3. The van der Waals surface area contributed by atoms with Gasteiger partial charge in [-0.15, -0.1) is 0 Å². The van der Waals surface area contributed by atoms with E-state index in [0.29, 0.717) is 18.7 Å². The lowest BCUT2D eigenvalue weighted by atomic mass is 9.91. The summed E-state index contributed by atoms with van der Waals surface area (Å²) in [4.78, 5) is 16.3. The number of likely N-dealkylation sites (tertiary alicyclic amines) is 1. The molecule has 0 unspecified atom stereocenters. The Morgan fingerprint density at radius 1 is 1.50 bits per heavy atom. The predicted octanol–water partition coefficient (Wildman–Crippen LogP) is 1.22. The van der Waals surface area contributed by atoms with Crippen molar-refractivity contribution < 1.29 is 19.0 Å². The van der Waals surface area contributed by atoms with Gasteiger partial charge in [-0.3, -0.25) is 4.79 Å². The highest BCUT2D eigenvalue weighted by Gasteiger charge is 2.32. The van der Waals surface area contributed by atoms with Gasteiger partial charge in [-0.2, -0.15) is 0 Å². The van der Waals surface area contributed by atoms with Crippen LogP contribution < -0.4 is 4.74 Å². The van der Waals surface area contributed by atoms with Gasteiger partial charge in [0.1, 0.15) is 0 Å². The lowest BCUT2D eigenvalue weighted by molar-refractivity contribution is 0.0379. The fourth-order valence-corrected chi connectivity index (χ4v) is 2.94. The average molecular weight is 310 g/mol. The van der Waals surface area contributed by atoms with E-state index in [1.807, 2.05) is 19.0 Å². The average Bonchev–Trinajstić information content (AvgIpc) is 2.53. The number of ether oxygens (including phenoxy) is 1. The van der Waals surface area contributed by atoms with Gasteiger partial charge in [-0.25, -0.2) is 4.39 Å². The fraction of sp³-hybridized carbons (Fsp3) is 0.562. The van der Waals surface area contributed by atoms with Crippen molar-refractivity contribution in [1.82, 2.24) is 9.80 Å². The van der Waals surface area contributed by atoms with Crippen LogP contribution in [0.4, 0.5) is 4.39 Å². The molecule has 1 aromatic rings. The third-order valence-corrected chi connectivity index (χ3v) is 4.31. The van der Waals surface area contributed by atoms with Crippen LogP contribution in [0.1, 0.15) is 16.8 Å². The number of carbonyl (C=O) groups excluding carboxylic acids is 1. The minimum Gasteiger partial charge on any atom is -0.494 e. The molecule has 6 heteroatoms. The molecule has 1 heterocycles. The number of carbonyl (C=O) groups is 1. The molecule has 1 aliphatic heterocycles. The standard InChI is InChI=1S/C16H23FN2O3/c1-18(2)14-9-19(7-6-12(14)10-20)16(21)11-4-5-15(22-3)13(17)8-11/h4-5,8,12,14,20H,6-7,9-10H2,1-3H3/t12-,14-/m1/s1. The zero-order valence-electron chi connectivity index (χ0n) is 13.3. The molecular weight excluding hydrogens is 287 g/mol. The molecule has 5 nitrogen and oxygen atoms in total. The lowest BCUT2D eigenvalue weighted by Gasteiger charge is -2.41. The molecule has 0 spiro atoms. The summed E-state index contributed by atoms with van der Waals surface area (Å²) in [5.41, 5.74) is 0.318.